The number of nitriles is 1. The molecule has 0 saturated heterocycles. The van der Waals surface area contributed by atoms with E-state index in [1.54, 1.807) is 0 Å². The molecule has 0 fully saturated rings. The molecule has 0 atom stereocenters. The number of benzene rings is 1. The fraction of sp³-hybridized carbons (Fsp3) is 0.500. The van der Waals surface area contributed by atoms with Crippen molar-refractivity contribution in [2.45, 2.75) is 25.2 Å². The SMILES string of the molecule is CC(C)(C#N)CCN1CCSc2ccc(N)cc21. The molecule has 1 aromatic rings. The smallest absolute Gasteiger partial charge is 0.0684 e. The number of hydrogen-bond donors (Lipinski definition) is 1. The summed E-state index contributed by atoms with van der Waals surface area (Å²) < 4.78 is 0. The number of anilines is 2. The van der Waals surface area contributed by atoms with E-state index >= 15 is 0 Å². The summed E-state index contributed by atoms with van der Waals surface area (Å²) in [6.07, 6.45) is 0.877. The van der Waals surface area contributed by atoms with Crippen LogP contribution in [0, 0.1) is 16.7 Å². The number of thioether (sulfide) groups is 1. The van der Waals surface area contributed by atoms with Gasteiger partial charge in [0.05, 0.1) is 17.2 Å². The van der Waals surface area contributed by atoms with Crippen LogP contribution in [0.5, 0.6) is 0 Å². The van der Waals surface area contributed by atoms with Crippen molar-refractivity contribution in [2.24, 2.45) is 5.41 Å². The number of hydrogen-bond acceptors (Lipinski definition) is 4. The first-order valence-electron chi connectivity index (χ1n) is 6.20. The molecular formula is C14H19N3S. The Labute approximate surface area is 113 Å². The van der Waals surface area contributed by atoms with E-state index in [1.165, 1.54) is 10.6 Å². The van der Waals surface area contributed by atoms with Crippen LogP contribution in [-0.2, 0) is 0 Å². The molecule has 1 aliphatic heterocycles. The van der Waals surface area contributed by atoms with Gasteiger partial charge in [-0.1, -0.05) is 0 Å². The second-order valence-corrected chi connectivity index (χ2v) is 6.45. The van der Waals surface area contributed by atoms with Crippen molar-refractivity contribution in [3.05, 3.63) is 18.2 Å². The number of nitrogens with zero attached hydrogens (tertiary/aromatic N) is 2. The molecule has 1 heterocycles. The highest BCUT2D eigenvalue weighted by Crippen LogP contribution is 2.36. The third-order valence-electron chi connectivity index (χ3n) is 3.25. The molecule has 0 amide bonds. The first-order chi connectivity index (χ1) is 8.52. The van der Waals surface area contributed by atoms with Crippen LogP contribution in [0.15, 0.2) is 23.1 Å². The third kappa shape index (κ3) is 2.91. The normalized spacial score (nSPS) is 15.1. The Hall–Kier alpha value is -1.34. The average Bonchev–Trinajstić information content (AvgIpc) is 2.36. The molecule has 0 bridgehead atoms. The standard InChI is InChI=1S/C14H19N3S/c1-14(2,10-15)5-6-17-7-8-18-13-4-3-11(16)9-12(13)17/h3-4,9H,5-8,16H2,1-2H3. The highest BCUT2D eigenvalue weighted by Gasteiger charge is 2.22. The summed E-state index contributed by atoms with van der Waals surface area (Å²) in [5, 5.41) is 9.07. The van der Waals surface area contributed by atoms with Gasteiger partial charge in [0.1, 0.15) is 0 Å². The summed E-state index contributed by atoms with van der Waals surface area (Å²) in [6.45, 7) is 5.93. The molecule has 4 heteroatoms. The van der Waals surface area contributed by atoms with Gasteiger partial charge in [0.25, 0.3) is 0 Å². The first-order valence-corrected chi connectivity index (χ1v) is 7.19. The first kappa shape index (κ1) is 13.1. The van der Waals surface area contributed by atoms with E-state index in [9.17, 15) is 0 Å². The zero-order chi connectivity index (χ0) is 13.2. The molecule has 0 radical (unpaired) electrons. The predicted molar refractivity (Wildman–Crippen MR) is 77.8 cm³/mol. The zero-order valence-corrected chi connectivity index (χ0v) is 11.8. The van der Waals surface area contributed by atoms with E-state index in [0.29, 0.717) is 0 Å². The lowest BCUT2D eigenvalue weighted by molar-refractivity contribution is 0.451. The maximum Gasteiger partial charge on any atom is 0.0684 e. The topological polar surface area (TPSA) is 53.0 Å². The largest absolute Gasteiger partial charge is 0.399 e. The third-order valence-corrected chi connectivity index (χ3v) is 4.29. The minimum absolute atomic E-state index is 0.259. The van der Waals surface area contributed by atoms with Gasteiger partial charge in [-0.2, -0.15) is 5.26 Å². The van der Waals surface area contributed by atoms with Crippen LogP contribution in [0.2, 0.25) is 0 Å². The molecule has 0 aromatic heterocycles. The van der Waals surface area contributed by atoms with Gasteiger partial charge >= 0.3 is 0 Å². The van der Waals surface area contributed by atoms with Crippen LogP contribution in [0.4, 0.5) is 11.4 Å². The van der Waals surface area contributed by atoms with Gasteiger partial charge in [0, 0.05) is 29.4 Å². The van der Waals surface area contributed by atoms with Crippen molar-refractivity contribution < 1.29 is 0 Å². The fourth-order valence-electron chi connectivity index (χ4n) is 1.99. The number of nitrogen functional groups attached to an aromatic ring is 1. The van der Waals surface area contributed by atoms with Gasteiger partial charge in [-0.3, -0.25) is 0 Å². The molecule has 0 saturated carbocycles. The molecule has 96 valence electrons. The minimum atomic E-state index is -0.259. The highest BCUT2D eigenvalue weighted by atomic mass is 32.2. The summed E-state index contributed by atoms with van der Waals surface area (Å²) in [4.78, 5) is 3.64. The van der Waals surface area contributed by atoms with Crippen molar-refractivity contribution in [2.75, 3.05) is 29.5 Å². The Bertz CT molecular complexity index is 476. The number of nitrogens with two attached hydrogens (primary N) is 1. The highest BCUT2D eigenvalue weighted by molar-refractivity contribution is 7.99. The summed E-state index contributed by atoms with van der Waals surface area (Å²) in [7, 11) is 0. The zero-order valence-electron chi connectivity index (χ0n) is 10.9. The monoisotopic (exact) mass is 261 g/mol. The molecule has 0 spiro atoms. The van der Waals surface area contributed by atoms with Crippen LogP contribution in [0.25, 0.3) is 0 Å². The van der Waals surface area contributed by atoms with Gasteiger partial charge < -0.3 is 10.6 Å². The van der Waals surface area contributed by atoms with Gasteiger partial charge in [-0.25, -0.2) is 0 Å². The van der Waals surface area contributed by atoms with Crippen molar-refractivity contribution in [1.82, 2.24) is 0 Å². The lowest BCUT2D eigenvalue weighted by Gasteiger charge is -2.32. The Morgan fingerprint density at radius 3 is 3.00 bits per heavy atom. The molecule has 2 N–H and O–H groups in total. The maximum absolute atomic E-state index is 9.07. The minimum Gasteiger partial charge on any atom is -0.399 e. The Kier molecular flexibility index (Phi) is 3.72. The Morgan fingerprint density at radius 2 is 2.28 bits per heavy atom. The van der Waals surface area contributed by atoms with Crippen LogP contribution in [0.3, 0.4) is 0 Å². The lowest BCUT2D eigenvalue weighted by Crippen LogP contribution is -2.32. The molecule has 18 heavy (non-hydrogen) atoms. The number of rotatable bonds is 3. The summed E-state index contributed by atoms with van der Waals surface area (Å²) in [5.41, 5.74) is 7.63. The molecular weight excluding hydrogens is 242 g/mol. The second kappa shape index (κ2) is 5.11. The van der Waals surface area contributed by atoms with Gasteiger partial charge in [-0.05, 0) is 38.5 Å². The van der Waals surface area contributed by atoms with E-state index in [1.807, 2.05) is 37.7 Å². The van der Waals surface area contributed by atoms with E-state index in [2.05, 4.69) is 17.0 Å². The van der Waals surface area contributed by atoms with Crippen LogP contribution >= 0.6 is 11.8 Å². The molecule has 1 aliphatic rings. The van der Waals surface area contributed by atoms with Crippen molar-refractivity contribution in [1.29, 1.82) is 5.26 Å². The van der Waals surface area contributed by atoms with Crippen LogP contribution in [-0.4, -0.2) is 18.8 Å². The molecule has 3 nitrogen and oxygen atoms in total. The quantitative estimate of drug-likeness (QED) is 0.849. The Balaban J connectivity index is 2.13. The van der Waals surface area contributed by atoms with E-state index in [4.69, 9.17) is 11.0 Å². The van der Waals surface area contributed by atoms with E-state index in [-0.39, 0.29) is 5.41 Å². The Morgan fingerprint density at radius 1 is 1.50 bits per heavy atom. The molecule has 1 aromatic carbocycles. The summed E-state index contributed by atoms with van der Waals surface area (Å²) >= 11 is 1.88. The van der Waals surface area contributed by atoms with Crippen LogP contribution in [0.1, 0.15) is 20.3 Å². The molecule has 2 rings (SSSR count). The van der Waals surface area contributed by atoms with Crippen molar-refractivity contribution >= 4 is 23.1 Å². The van der Waals surface area contributed by atoms with Crippen molar-refractivity contribution in [3.63, 3.8) is 0 Å². The summed E-state index contributed by atoms with van der Waals surface area (Å²) in [5.74, 6) is 1.10. The van der Waals surface area contributed by atoms with E-state index in [0.717, 1.165) is 31.0 Å². The fourth-order valence-corrected chi connectivity index (χ4v) is 3.02. The number of fused-ring (bicyclic) bond motifs is 1. The van der Waals surface area contributed by atoms with Gasteiger partial charge in [-0.15, -0.1) is 11.8 Å². The molecule has 0 unspecified atom stereocenters. The second-order valence-electron chi connectivity index (χ2n) is 5.31. The predicted octanol–water partition coefficient (Wildman–Crippen LogP) is 3.12. The van der Waals surface area contributed by atoms with E-state index < -0.39 is 0 Å². The average molecular weight is 261 g/mol. The van der Waals surface area contributed by atoms with Gasteiger partial charge in [0.2, 0.25) is 0 Å². The summed E-state index contributed by atoms with van der Waals surface area (Å²) in [6, 6.07) is 8.45. The molecule has 0 aliphatic carbocycles. The maximum atomic E-state index is 9.07. The van der Waals surface area contributed by atoms with Gasteiger partial charge in [0.15, 0.2) is 0 Å². The lowest BCUT2D eigenvalue weighted by atomic mass is 9.91. The van der Waals surface area contributed by atoms with Crippen molar-refractivity contribution in [3.8, 4) is 6.07 Å². The van der Waals surface area contributed by atoms with Crippen LogP contribution < -0.4 is 10.6 Å².